The van der Waals surface area contributed by atoms with Gasteiger partial charge in [-0.3, -0.25) is 4.98 Å². The predicted octanol–water partition coefficient (Wildman–Crippen LogP) is 3.45. The van der Waals surface area contributed by atoms with Crippen LogP contribution in [0, 0.1) is 12.3 Å². The van der Waals surface area contributed by atoms with E-state index in [4.69, 9.17) is 11.3 Å². The van der Waals surface area contributed by atoms with Gasteiger partial charge in [-0.25, -0.2) is 4.79 Å². The minimum absolute atomic E-state index is 0.281. The van der Waals surface area contributed by atoms with Crippen molar-refractivity contribution < 1.29 is 14.7 Å². The fourth-order valence-electron chi connectivity index (χ4n) is 2.68. The molecule has 0 aliphatic heterocycles. The van der Waals surface area contributed by atoms with E-state index in [1.165, 1.54) is 12.4 Å². The van der Waals surface area contributed by atoms with Crippen LogP contribution in [0.25, 0.3) is 10.9 Å². The Balaban J connectivity index is 1.80. The maximum atomic E-state index is 11.6. The Morgan fingerprint density at radius 2 is 2.24 bits per heavy atom. The van der Waals surface area contributed by atoms with Gasteiger partial charge in [0.1, 0.15) is 0 Å². The molecule has 2 aromatic heterocycles. The number of aromatic amines is 1. The van der Waals surface area contributed by atoms with Gasteiger partial charge in [0.05, 0.1) is 12.2 Å². The number of rotatable bonds is 5. The van der Waals surface area contributed by atoms with E-state index in [9.17, 15) is 9.90 Å². The van der Waals surface area contributed by atoms with Gasteiger partial charge in [0.2, 0.25) is 0 Å². The number of hydroxylamine groups is 2. The first-order valence-corrected chi connectivity index (χ1v) is 7.75. The molecule has 6 nitrogen and oxygen atoms in total. The van der Waals surface area contributed by atoms with E-state index in [0.29, 0.717) is 12.0 Å². The molecule has 3 aromatic rings. The highest BCUT2D eigenvalue weighted by Gasteiger charge is 2.23. The molecule has 0 radical (unpaired) electrons. The molecular weight excluding hydrogens is 318 g/mol. The number of H-pyrrole nitrogens is 1. The summed E-state index contributed by atoms with van der Waals surface area (Å²) in [4.78, 5) is 24.3. The van der Waals surface area contributed by atoms with Crippen LogP contribution in [-0.4, -0.2) is 32.3 Å². The highest BCUT2D eigenvalue weighted by molar-refractivity contribution is 5.83. The van der Waals surface area contributed by atoms with Crippen molar-refractivity contribution in [2.45, 2.75) is 19.4 Å². The van der Waals surface area contributed by atoms with Gasteiger partial charge in [0.15, 0.2) is 5.75 Å². The van der Waals surface area contributed by atoms with Crippen molar-refractivity contribution >= 4 is 17.0 Å². The lowest BCUT2D eigenvalue weighted by Crippen LogP contribution is -2.41. The maximum absolute atomic E-state index is 11.6. The summed E-state index contributed by atoms with van der Waals surface area (Å²) >= 11 is 0. The smallest absolute Gasteiger partial charge is 0.441 e. The van der Waals surface area contributed by atoms with Gasteiger partial charge in [-0.2, -0.15) is 0 Å². The van der Waals surface area contributed by atoms with Gasteiger partial charge in [-0.05, 0) is 25.0 Å². The lowest BCUT2D eigenvalue weighted by Gasteiger charge is -2.25. The number of fused-ring (bicyclic) bond motifs is 1. The number of terminal acetylenes is 1. The van der Waals surface area contributed by atoms with E-state index in [1.807, 2.05) is 30.5 Å². The summed E-state index contributed by atoms with van der Waals surface area (Å²) in [5, 5.41) is 11.5. The normalized spacial score (nSPS) is 11.7. The number of aromatic nitrogens is 2. The molecule has 1 amide bonds. The molecule has 0 aliphatic carbocycles. The van der Waals surface area contributed by atoms with Crippen LogP contribution in [0.1, 0.15) is 18.1 Å². The molecule has 2 N–H and O–H groups in total. The van der Waals surface area contributed by atoms with E-state index in [-0.39, 0.29) is 5.75 Å². The molecule has 0 spiro atoms. The molecule has 0 bridgehead atoms. The van der Waals surface area contributed by atoms with E-state index in [0.717, 1.165) is 21.5 Å². The van der Waals surface area contributed by atoms with Gasteiger partial charge >= 0.3 is 6.09 Å². The topological polar surface area (TPSA) is 78.4 Å². The summed E-state index contributed by atoms with van der Waals surface area (Å²) in [6.45, 7) is 1.79. The lowest BCUT2D eigenvalue weighted by atomic mass is 10.1. The molecule has 0 aliphatic rings. The van der Waals surface area contributed by atoms with Crippen LogP contribution < -0.4 is 4.84 Å². The summed E-state index contributed by atoms with van der Waals surface area (Å²) in [5.74, 6) is 2.72. The molecule has 0 saturated carbocycles. The van der Waals surface area contributed by atoms with Crippen molar-refractivity contribution in [2.75, 3.05) is 0 Å². The monoisotopic (exact) mass is 335 g/mol. The number of benzene rings is 1. The van der Waals surface area contributed by atoms with Crippen molar-refractivity contribution in [3.8, 4) is 18.1 Å². The minimum Gasteiger partial charge on any atom is -0.463 e. The third-order valence-electron chi connectivity index (χ3n) is 3.86. The highest BCUT2D eigenvalue weighted by Crippen LogP contribution is 2.21. The van der Waals surface area contributed by atoms with Crippen LogP contribution in [0.15, 0.2) is 48.9 Å². The van der Waals surface area contributed by atoms with Crippen LogP contribution in [0.2, 0.25) is 0 Å². The number of pyridine rings is 1. The number of para-hydroxylation sites is 1. The summed E-state index contributed by atoms with van der Waals surface area (Å²) in [5.41, 5.74) is 2.55. The van der Waals surface area contributed by atoms with Gasteiger partial charge in [0, 0.05) is 34.9 Å². The molecule has 1 aromatic carbocycles. The molecule has 1 atom stereocenters. The lowest BCUT2D eigenvalue weighted by molar-refractivity contribution is -0.0636. The quantitative estimate of drug-likeness (QED) is 0.553. The second-order valence-electron chi connectivity index (χ2n) is 5.67. The van der Waals surface area contributed by atoms with Crippen LogP contribution in [0.5, 0.6) is 5.75 Å². The average Bonchev–Trinajstić information content (AvgIpc) is 3.02. The molecule has 0 saturated heterocycles. The maximum Gasteiger partial charge on any atom is 0.441 e. The molecule has 0 fully saturated rings. The van der Waals surface area contributed by atoms with Crippen LogP contribution in [-0.2, 0) is 6.42 Å². The zero-order valence-corrected chi connectivity index (χ0v) is 13.6. The van der Waals surface area contributed by atoms with Crippen molar-refractivity contribution in [3.63, 3.8) is 0 Å². The van der Waals surface area contributed by atoms with Gasteiger partial charge < -0.3 is 14.9 Å². The highest BCUT2D eigenvalue weighted by atomic mass is 16.7. The summed E-state index contributed by atoms with van der Waals surface area (Å²) in [6, 6.07) is 9.04. The average molecular weight is 335 g/mol. The Morgan fingerprint density at radius 3 is 3.00 bits per heavy atom. The Kier molecular flexibility index (Phi) is 4.57. The van der Waals surface area contributed by atoms with Crippen molar-refractivity contribution in [1.29, 1.82) is 0 Å². The number of amides is 1. The van der Waals surface area contributed by atoms with E-state index in [2.05, 4.69) is 15.9 Å². The second-order valence-corrected chi connectivity index (χ2v) is 5.67. The minimum atomic E-state index is -1.18. The Labute approximate surface area is 145 Å². The zero-order chi connectivity index (χ0) is 17.8. The first-order valence-electron chi connectivity index (χ1n) is 7.75. The van der Waals surface area contributed by atoms with Crippen LogP contribution in [0.4, 0.5) is 4.79 Å². The SMILES string of the molecule is C#Cc1cncc(ON(C(=O)O)C(C)Cc2c[nH]c3ccccc23)c1. The zero-order valence-electron chi connectivity index (χ0n) is 13.6. The Hall–Kier alpha value is -3.46. The van der Waals surface area contributed by atoms with Crippen LogP contribution in [0.3, 0.4) is 0 Å². The predicted molar refractivity (Wildman–Crippen MR) is 94.1 cm³/mol. The number of nitrogens with zero attached hydrogens (tertiary/aromatic N) is 2. The van der Waals surface area contributed by atoms with Gasteiger partial charge in [-0.1, -0.05) is 24.1 Å². The van der Waals surface area contributed by atoms with Crippen LogP contribution >= 0.6 is 0 Å². The first kappa shape index (κ1) is 16.4. The standard InChI is InChI=1S/C19H17N3O3/c1-3-14-9-16(12-20-10-14)25-22(19(23)24)13(2)8-15-11-21-18-7-5-4-6-17(15)18/h1,4-7,9-13,21H,8H2,2H3,(H,23,24). The second kappa shape index (κ2) is 6.97. The number of hydrogen-bond acceptors (Lipinski definition) is 3. The van der Waals surface area contributed by atoms with Gasteiger partial charge in [-0.15, -0.1) is 11.5 Å². The molecule has 126 valence electrons. The number of carboxylic acid groups (broad SMARTS) is 1. The summed E-state index contributed by atoms with van der Waals surface area (Å²) < 4.78 is 0. The van der Waals surface area contributed by atoms with Gasteiger partial charge in [0.25, 0.3) is 0 Å². The van der Waals surface area contributed by atoms with Crippen molar-refractivity contribution in [1.82, 2.24) is 15.0 Å². The molecule has 25 heavy (non-hydrogen) atoms. The summed E-state index contributed by atoms with van der Waals surface area (Å²) in [7, 11) is 0. The Bertz CT molecular complexity index is 942. The van der Waals surface area contributed by atoms with Crippen molar-refractivity contribution in [2.24, 2.45) is 0 Å². The van der Waals surface area contributed by atoms with E-state index < -0.39 is 12.1 Å². The first-order chi connectivity index (χ1) is 12.1. The number of carbonyl (C=O) groups is 1. The molecule has 1 unspecified atom stereocenters. The Morgan fingerprint density at radius 1 is 1.44 bits per heavy atom. The fourth-order valence-corrected chi connectivity index (χ4v) is 2.68. The molecule has 2 heterocycles. The fraction of sp³-hybridized carbons (Fsp3) is 0.158. The largest absolute Gasteiger partial charge is 0.463 e. The third kappa shape index (κ3) is 3.56. The molecule has 6 heteroatoms. The van der Waals surface area contributed by atoms with E-state index >= 15 is 0 Å². The molecule has 3 rings (SSSR count). The summed E-state index contributed by atoms with van der Waals surface area (Å²) in [6.07, 6.45) is 9.47. The van der Waals surface area contributed by atoms with Crippen molar-refractivity contribution in [3.05, 3.63) is 60.0 Å². The number of hydrogen-bond donors (Lipinski definition) is 2. The third-order valence-corrected chi connectivity index (χ3v) is 3.86. The van der Waals surface area contributed by atoms with E-state index in [1.54, 1.807) is 13.0 Å². The number of nitrogens with one attached hydrogen (secondary N) is 1. The molecular formula is C19H17N3O3.